The molecule has 0 spiro atoms. The lowest BCUT2D eigenvalue weighted by Crippen LogP contribution is -2.34. The summed E-state index contributed by atoms with van der Waals surface area (Å²) < 4.78 is 28.1. The average Bonchev–Trinajstić information content (AvgIpc) is 2.48. The Morgan fingerprint density at radius 2 is 1.76 bits per heavy atom. The molecule has 2 atom stereocenters. The second kappa shape index (κ2) is 6.24. The van der Waals surface area contributed by atoms with E-state index in [4.69, 9.17) is 0 Å². The molecule has 1 saturated heterocycles. The molecule has 2 unspecified atom stereocenters. The lowest BCUT2D eigenvalue weighted by molar-refractivity contribution is 0.393. The van der Waals surface area contributed by atoms with Crippen molar-refractivity contribution in [1.82, 2.24) is 5.32 Å². The van der Waals surface area contributed by atoms with Gasteiger partial charge in [-0.1, -0.05) is 34.1 Å². The molecule has 1 nitrogen and oxygen atoms in total. The largest absolute Gasteiger partial charge is 0.316 e. The summed E-state index contributed by atoms with van der Waals surface area (Å²) in [5, 5.41) is 3.35. The minimum absolute atomic E-state index is 0.116. The molecule has 21 heavy (non-hydrogen) atoms. The minimum Gasteiger partial charge on any atom is -0.316 e. The van der Waals surface area contributed by atoms with Crippen LogP contribution in [-0.2, 0) is 0 Å². The van der Waals surface area contributed by atoms with E-state index in [9.17, 15) is 8.78 Å². The van der Waals surface area contributed by atoms with Gasteiger partial charge in [0.05, 0.1) is 0 Å². The summed E-state index contributed by atoms with van der Waals surface area (Å²) >= 11 is 3.29. The first-order valence-electron chi connectivity index (χ1n) is 7.06. The summed E-state index contributed by atoms with van der Waals surface area (Å²) in [4.78, 5) is 0. The molecule has 2 aromatic carbocycles. The number of hydrogen-bond acceptors (Lipinski definition) is 1. The molecule has 0 aliphatic carbocycles. The van der Waals surface area contributed by atoms with E-state index in [1.165, 1.54) is 18.2 Å². The highest BCUT2D eigenvalue weighted by atomic mass is 79.9. The minimum atomic E-state index is -0.242. The first kappa shape index (κ1) is 14.7. The molecule has 2 aromatic rings. The molecule has 1 aliphatic rings. The summed E-state index contributed by atoms with van der Waals surface area (Å²) in [5.74, 6) is -0.142. The molecule has 0 amide bonds. The van der Waals surface area contributed by atoms with Crippen molar-refractivity contribution < 1.29 is 8.78 Å². The standard InChI is InChI=1S/C17H16BrF2N/c18-12-3-6-15(17(20)9-12)14-7-8-21-10-16(14)11-1-4-13(19)5-2-11/h1-6,9,14,16,21H,7-8,10H2. The lowest BCUT2D eigenvalue weighted by Gasteiger charge is -2.33. The Balaban J connectivity index is 1.96. The van der Waals surface area contributed by atoms with Crippen molar-refractivity contribution in [3.8, 4) is 0 Å². The highest BCUT2D eigenvalue weighted by Gasteiger charge is 2.29. The molecule has 1 N–H and O–H groups in total. The molecular formula is C17H16BrF2N. The normalized spacial score (nSPS) is 22.2. The van der Waals surface area contributed by atoms with Crippen LogP contribution < -0.4 is 5.32 Å². The topological polar surface area (TPSA) is 12.0 Å². The zero-order valence-corrected chi connectivity index (χ0v) is 13.0. The van der Waals surface area contributed by atoms with Crippen LogP contribution in [0.1, 0.15) is 29.4 Å². The van der Waals surface area contributed by atoms with Crippen LogP contribution in [-0.4, -0.2) is 13.1 Å². The van der Waals surface area contributed by atoms with Gasteiger partial charge >= 0.3 is 0 Å². The van der Waals surface area contributed by atoms with Crippen LogP contribution in [0.15, 0.2) is 46.9 Å². The fourth-order valence-electron chi connectivity index (χ4n) is 3.09. The van der Waals surface area contributed by atoms with E-state index in [0.29, 0.717) is 0 Å². The van der Waals surface area contributed by atoms with Gasteiger partial charge in [0.1, 0.15) is 11.6 Å². The fraction of sp³-hybridized carbons (Fsp3) is 0.294. The SMILES string of the molecule is Fc1ccc(C2CNCCC2c2ccc(Br)cc2F)cc1. The van der Waals surface area contributed by atoms with E-state index in [0.717, 1.165) is 35.1 Å². The van der Waals surface area contributed by atoms with Crippen molar-refractivity contribution in [3.63, 3.8) is 0 Å². The molecule has 0 radical (unpaired) electrons. The van der Waals surface area contributed by atoms with Gasteiger partial charge in [-0.3, -0.25) is 0 Å². The summed E-state index contributed by atoms with van der Waals surface area (Å²) in [5.41, 5.74) is 1.80. The van der Waals surface area contributed by atoms with E-state index in [2.05, 4.69) is 21.2 Å². The molecule has 0 bridgehead atoms. The Morgan fingerprint density at radius 1 is 1.00 bits per heavy atom. The number of benzene rings is 2. The fourth-order valence-corrected chi connectivity index (χ4v) is 3.43. The molecule has 110 valence electrons. The second-order valence-corrected chi connectivity index (χ2v) is 6.34. The predicted molar refractivity (Wildman–Crippen MR) is 83.5 cm³/mol. The van der Waals surface area contributed by atoms with Gasteiger partial charge < -0.3 is 5.32 Å². The van der Waals surface area contributed by atoms with Crippen molar-refractivity contribution in [2.45, 2.75) is 18.3 Å². The van der Waals surface area contributed by atoms with Gasteiger partial charge in [0, 0.05) is 16.9 Å². The first-order valence-corrected chi connectivity index (χ1v) is 7.85. The zero-order valence-electron chi connectivity index (χ0n) is 11.5. The Hall–Kier alpha value is -1.26. The van der Waals surface area contributed by atoms with Crippen molar-refractivity contribution in [2.24, 2.45) is 0 Å². The summed E-state index contributed by atoms with van der Waals surface area (Å²) in [7, 11) is 0. The third-order valence-electron chi connectivity index (χ3n) is 4.14. The average molecular weight is 352 g/mol. The number of nitrogens with one attached hydrogen (secondary N) is 1. The summed E-state index contributed by atoms with van der Waals surface area (Å²) in [6.07, 6.45) is 0.876. The van der Waals surface area contributed by atoms with Gasteiger partial charge in [0.15, 0.2) is 0 Å². The summed E-state index contributed by atoms with van der Waals surface area (Å²) in [6, 6.07) is 11.8. The van der Waals surface area contributed by atoms with E-state index in [1.54, 1.807) is 12.1 Å². The highest BCUT2D eigenvalue weighted by Crippen LogP contribution is 2.38. The van der Waals surface area contributed by atoms with Gasteiger partial charge in [-0.05, 0) is 54.3 Å². The monoisotopic (exact) mass is 351 g/mol. The highest BCUT2D eigenvalue weighted by molar-refractivity contribution is 9.10. The maximum atomic E-state index is 14.3. The van der Waals surface area contributed by atoms with Gasteiger partial charge in [-0.25, -0.2) is 8.78 Å². The molecular weight excluding hydrogens is 336 g/mol. The van der Waals surface area contributed by atoms with Crippen LogP contribution in [0.2, 0.25) is 0 Å². The quantitative estimate of drug-likeness (QED) is 0.834. The van der Waals surface area contributed by atoms with Crippen molar-refractivity contribution in [2.75, 3.05) is 13.1 Å². The zero-order chi connectivity index (χ0) is 14.8. The van der Waals surface area contributed by atoms with E-state index in [1.807, 2.05) is 12.1 Å². The van der Waals surface area contributed by atoms with Crippen LogP contribution >= 0.6 is 15.9 Å². The molecule has 0 saturated carbocycles. The molecule has 4 heteroatoms. The maximum Gasteiger partial charge on any atom is 0.127 e. The third-order valence-corrected chi connectivity index (χ3v) is 4.64. The van der Waals surface area contributed by atoms with Gasteiger partial charge in [-0.15, -0.1) is 0 Å². The smallest absolute Gasteiger partial charge is 0.127 e. The van der Waals surface area contributed by atoms with Gasteiger partial charge in [0.2, 0.25) is 0 Å². The third kappa shape index (κ3) is 3.16. The van der Waals surface area contributed by atoms with Crippen LogP contribution in [0.5, 0.6) is 0 Å². The van der Waals surface area contributed by atoms with E-state index in [-0.39, 0.29) is 23.5 Å². The Morgan fingerprint density at radius 3 is 2.48 bits per heavy atom. The summed E-state index contributed by atoms with van der Waals surface area (Å²) in [6.45, 7) is 1.66. The molecule has 0 aromatic heterocycles. The Kier molecular flexibility index (Phi) is 4.36. The maximum absolute atomic E-state index is 14.3. The van der Waals surface area contributed by atoms with Crippen molar-refractivity contribution >= 4 is 15.9 Å². The Labute approximate surface area is 131 Å². The first-order chi connectivity index (χ1) is 10.1. The van der Waals surface area contributed by atoms with E-state index < -0.39 is 0 Å². The lowest BCUT2D eigenvalue weighted by atomic mass is 9.77. The van der Waals surface area contributed by atoms with Crippen molar-refractivity contribution in [3.05, 3.63) is 69.7 Å². The predicted octanol–water partition coefficient (Wildman–Crippen LogP) is 4.59. The van der Waals surface area contributed by atoms with Crippen molar-refractivity contribution in [1.29, 1.82) is 0 Å². The molecule has 1 aliphatic heterocycles. The van der Waals surface area contributed by atoms with Crippen LogP contribution in [0.25, 0.3) is 0 Å². The number of rotatable bonds is 2. The van der Waals surface area contributed by atoms with Crippen LogP contribution in [0.3, 0.4) is 0 Å². The number of halogens is 3. The second-order valence-electron chi connectivity index (χ2n) is 5.42. The van der Waals surface area contributed by atoms with Crippen LogP contribution in [0.4, 0.5) is 8.78 Å². The van der Waals surface area contributed by atoms with Gasteiger partial charge in [0.25, 0.3) is 0 Å². The molecule has 1 heterocycles. The number of hydrogen-bond donors (Lipinski definition) is 1. The molecule has 3 rings (SSSR count). The Bertz CT molecular complexity index is 627. The van der Waals surface area contributed by atoms with Crippen LogP contribution in [0, 0.1) is 11.6 Å². The number of piperidine rings is 1. The van der Waals surface area contributed by atoms with E-state index >= 15 is 0 Å². The molecule has 1 fully saturated rings. The van der Waals surface area contributed by atoms with Gasteiger partial charge in [-0.2, -0.15) is 0 Å².